The maximum Gasteiger partial charge on any atom is 0.215 e. The number of methoxy groups -OCH3 is 2. The zero-order valence-electron chi connectivity index (χ0n) is 16.6. The van der Waals surface area contributed by atoms with Gasteiger partial charge in [-0.3, -0.25) is 19.8 Å². The molecule has 3 rings (SSSR count). The Balaban J connectivity index is 1.67. The van der Waals surface area contributed by atoms with E-state index in [-0.39, 0.29) is 0 Å². The average molecular weight is 393 g/mol. The van der Waals surface area contributed by atoms with E-state index >= 15 is 0 Å². The molecule has 1 amide bonds. The van der Waals surface area contributed by atoms with Crippen LogP contribution in [-0.2, 0) is 11.3 Å². The van der Waals surface area contributed by atoms with Gasteiger partial charge in [-0.2, -0.15) is 10.2 Å². The van der Waals surface area contributed by atoms with E-state index in [0.717, 1.165) is 28.8 Å². The molecule has 1 heterocycles. The van der Waals surface area contributed by atoms with E-state index in [1.165, 1.54) is 11.2 Å². The molecule has 1 N–H and O–H groups in total. The average Bonchev–Trinajstić information content (AvgIpc) is 3.31. The quantitative estimate of drug-likeness (QED) is 0.261. The highest BCUT2D eigenvalue weighted by atomic mass is 16.5. The summed E-state index contributed by atoms with van der Waals surface area (Å²) in [5.41, 5.74) is 3.83. The van der Waals surface area contributed by atoms with Gasteiger partial charge >= 0.3 is 0 Å². The summed E-state index contributed by atoms with van der Waals surface area (Å²) in [4.78, 5) is 12.9. The number of nitrogens with zero attached hydrogens (tertiary/aromatic N) is 4. The van der Waals surface area contributed by atoms with Crippen molar-refractivity contribution in [2.75, 3.05) is 26.3 Å². The third-order valence-corrected chi connectivity index (χ3v) is 4.36. The number of nitrogens with one attached hydrogen (secondary N) is 1. The van der Waals surface area contributed by atoms with Crippen LogP contribution in [0.2, 0.25) is 0 Å². The second kappa shape index (κ2) is 9.41. The minimum absolute atomic E-state index is 0.341. The zero-order valence-corrected chi connectivity index (χ0v) is 16.6. The van der Waals surface area contributed by atoms with Crippen molar-refractivity contribution in [1.29, 1.82) is 0 Å². The number of rotatable bonds is 9. The van der Waals surface area contributed by atoms with E-state index in [9.17, 15) is 4.79 Å². The Morgan fingerprint density at radius 3 is 2.31 bits per heavy atom. The Bertz CT molecular complexity index is 933. The summed E-state index contributed by atoms with van der Waals surface area (Å²) in [5, 5.41) is 12.8. The molecule has 0 unspecified atom stereocenters. The van der Waals surface area contributed by atoms with Gasteiger partial charge in [0.1, 0.15) is 17.8 Å². The van der Waals surface area contributed by atoms with E-state index in [1.807, 2.05) is 49.6 Å². The second-order valence-corrected chi connectivity index (χ2v) is 6.29. The van der Waals surface area contributed by atoms with Gasteiger partial charge in [0.15, 0.2) is 0 Å². The highest BCUT2D eigenvalue weighted by Crippen LogP contribution is 2.24. The minimum Gasteiger partial charge on any atom is -0.497 e. The van der Waals surface area contributed by atoms with Gasteiger partial charge in [0, 0.05) is 24.9 Å². The molecular formula is C21H23N5O3. The van der Waals surface area contributed by atoms with Gasteiger partial charge < -0.3 is 9.47 Å². The van der Waals surface area contributed by atoms with Gasteiger partial charge in [-0.05, 0) is 35.4 Å². The van der Waals surface area contributed by atoms with Crippen LogP contribution in [-0.4, -0.2) is 49.1 Å². The summed E-state index contributed by atoms with van der Waals surface area (Å²) in [6, 6.07) is 13.4. The van der Waals surface area contributed by atoms with Gasteiger partial charge in [-0.15, -0.1) is 0 Å². The van der Waals surface area contributed by atoms with Crippen LogP contribution in [0.4, 0.5) is 5.69 Å². The van der Waals surface area contributed by atoms with Crippen LogP contribution in [0.3, 0.4) is 0 Å². The van der Waals surface area contributed by atoms with E-state index < -0.39 is 0 Å². The molecule has 1 aromatic heterocycles. The van der Waals surface area contributed by atoms with Crippen molar-refractivity contribution in [3.8, 4) is 22.6 Å². The number of anilines is 1. The van der Waals surface area contributed by atoms with Crippen LogP contribution in [0, 0.1) is 0 Å². The molecular weight excluding hydrogens is 370 g/mol. The number of benzene rings is 2. The molecule has 150 valence electrons. The van der Waals surface area contributed by atoms with Crippen molar-refractivity contribution >= 4 is 18.4 Å². The topological polar surface area (TPSA) is 83.0 Å². The number of H-pyrrole nitrogens is 1. The van der Waals surface area contributed by atoms with Crippen LogP contribution in [0.5, 0.6) is 11.5 Å². The van der Waals surface area contributed by atoms with Gasteiger partial charge in [-0.1, -0.05) is 12.1 Å². The lowest BCUT2D eigenvalue weighted by Crippen LogP contribution is -2.22. The first kappa shape index (κ1) is 19.9. The molecule has 29 heavy (non-hydrogen) atoms. The number of hydrazone groups is 1. The highest BCUT2D eigenvalue weighted by molar-refractivity contribution is 5.73. The summed E-state index contributed by atoms with van der Waals surface area (Å²) in [6.45, 7) is 0.341. The lowest BCUT2D eigenvalue weighted by Gasteiger charge is -2.17. The van der Waals surface area contributed by atoms with Crippen molar-refractivity contribution < 1.29 is 14.3 Å². The molecule has 8 heteroatoms. The molecule has 0 fully saturated rings. The third-order valence-electron chi connectivity index (χ3n) is 4.36. The van der Waals surface area contributed by atoms with Crippen molar-refractivity contribution in [3.63, 3.8) is 0 Å². The molecule has 0 radical (unpaired) electrons. The molecule has 0 spiro atoms. The highest BCUT2D eigenvalue weighted by Gasteiger charge is 2.07. The molecule has 2 aromatic carbocycles. The molecule has 0 saturated heterocycles. The molecule has 3 aromatic rings. The van der Waals surface area contributed by atoms with E-state index in [1.54, 1.807) is 31.5 Å². The Kier molecular flexibility index (Phi) is 6.47. The fraction of sp³-hybridized carbons (Fsp3) is 0.190. The van der Waals surface area contributed by atoms with Crippen molar-refractivity contribution in [2.45, 2.75) is 6.54 Å². The zero-order chi connectivity index (χ0) is 20.6. The first-order chi connectivity index (χ1) is 14.1. The largest absolute Gasteiger partial charge is 0.497 e. The van der Waals surface area contributed by atoms with Crippen LogP contribution >= 0.6 is 0 Å². The predicted octanol–water partition coefficient (Wildman–Crippen LogP) is 3.13. The minimum atomic E-state index is 0.341. The number of hydrogen-bond acceptors (Lipinski definition) is 6. The normalized spacial score (nSPS) is 10.7. The Labute approximate surface area is 169 Å². The maximum absolute atomic E-state index is 11.5. The van der Waals surface area contributed by atoms with E-state index in [2.05, 4.69) is 15.3 Å². The van der Waals surface area contributed by atoms with E-state index in [4.69, 9.17) is 9.47 Å². The Morgan fingerprint density at radius 1 is 1.07 bits per heavy atom. The van der Waals surface area contributed by atoms with Crippen molar-refractivity contribution in [3.05, 3.63) is 60.4 Å². The fourth-order valence-corrected chi connectivity index (χ4v) is 2.76. The lowest BCUT2D eigenvalue weighted by molar-refractivity contribution is -0.115. The van der Waals surface area contributed by atoms with E-state index in [0.29, 0.717) is 18.0 Å². The molecule has 8 nitrogen and oxygen atoms in total. The second-order valence-electron chi connectivity index (χ2n) is 6.29. The number of hydrogen-bond donors (Lipinski definition) is 1. The molecule has 0 atom stereocenters. The van der Waals surface area contributed by atoms with Crippen LogP contribution in [0.1, 0.15) is 5.56 Å². The smallest absolute Gasteiger partial charge is 0.215 e. The molecule has 0 aliphatic carbocycles. The van der Waals surface area contributed by atoms with Crippen LogP contribution < -0.4 is 14.5 Å². The summed E-state index contributed by atoms with van der Waals surface area (Å²) < 4.78 is 10.5. The lowest BCUT2D eigenvalue weighted by atomic mass is 10.1. The van der Waals surface area contributed by atoms with Gasteiger partial charge in [0.05, 0.1) is 32.6 Å². The number of amides is 1. The summed E-state index contributed by atoms with van der Waals surface area (Å²) in [6.07, 6.45) is 5.83. The molecule has 0 aliphatic heterocycles. The monoisotopic (exact) mass is 393 g/mol. The number of aromatic amines is 1. The van der Waals surface area contributed by atoms with Crippen LogP contribution in [0.15, 0.2) is 60.0 Å². The first-order valence-electron chi connectivity index (χ1n) is 8.93. The third kappa shape index (κ3) is 5.13. The van der Waals surface area contributed by atoms with Crippen molar-refractivity contribution in [2.24, 2.45) is 5.10 Å². The fourth-order valence-electron chi connectivity index (χ4n) is 2.76. The summed E-state index contributed by atoms with van der Waals surface area (Å²) >= 11 is 0. The van der Waals surface area contributed by atoms with Gasteiger partial charge in [0.25, 0.3) is 0 Å². The van der Waals surface area contributed by atoms with Crippen LogP contribution in [0.25, 0.3) is 11.1 Å². The Hall–Kier alpha value is -3.81. The first-order valence-corrected chi connectivity index (χ1v) is 8.93. The Morgan fingerprint density at radius 2 is 1.76 bits per heavy atom. The van der Waals surface area contributed by atoms with Crippen molar-refractivity contribution in [1.82, 2.24) is 15.1 Å². The van der Waals surface area contributed by atoms with Gasteiger partial charge in [0.2, 0.25) is 6.41 Å². The predicted molar refractivity (Wildman–Crippen MR) is 112 cm³/mol. The molecule has 0 bridgehead atoms. The SMILES string of the molecule is COc1cc(CN(C=O)/C=N\N(C)c2ccc(-c3cn[nH]c3)cc2)cc(OC)c1. The molecule has 0 saturated carbocycles. The maximum atomic E-state index is 11.5. The number of carbonyl (C=O) groups is 1. The number of ether oxygens (including phenoxy) is 2. The standard InChI is InChI=1S/C21H23N5O3/c1-25(19-6-4-17(5-7-19)18-11-22-23-12-18)24-14-26(15-27)13-16-8-20(28-2)10-21(9-16)29-3/h4-12,14-15H,13H2,1-3H3,(H,22,23)/b24-14-. The number of carbonyl (C=O) groups excluding carboxylic acids is 1. The van der Waals surface area contributed by atoms with Gasteiger partial charge in [-0.25, -0.2) is 0 Å². The summed E-state index contributed by atoms with van der Waals surface area (Å²) in [5.74, 6) is 1.33. The number of aromatic nitrogens is 2. The summed E-state index contributed by atoms with van der Waals surface area (Å²) in [7, 11) is 5.00. The molecule has 0 aliphatic rings.